The minimum Gasteiger partial charge on any atom is -0.484 e. The Bertz CT molecular complexity index is 484. The maximum Gasteiger partial charge on any atom is 0.310 e. The normalized spacial score (nSPS) is 17.7. The van der Waals surface area contributed by atoms with Crippen LogP contribution < -0.4 is 10.5 Å². The predicted molar refractivity (Wildman–Crippen MR) is 74.5 cm³/mol. The van der Waals surface area contributed by atoms with Crippen molar-refractivity contribution in [2.75, 3.05) is 6.61 Å². The molecule has 0 amide bonds. The largest absolute Gasteiger partial charge is 0.484 e. The molecule has 1 saturated carbocycles. The maximum atomic E-state index is 11.0. The van der Waals surface area contributed by atoms with Gasteiger partial charge in [0.25, 0.3) is 0 Å². The zero-order valence-electron chi connectivity index (χ0n) is 11.4. The van der Waals surface area contributed by atoms with Crippen molar-refractivity contribution >= 4 is 5.69 Å². The van der Waals surface area contributed by atoms with E-state index in [0.717, 1.165) is 24.8 Å². The Morgan fingerprint density at radius 3 is 2.65 bits per heavy atom. The first kappa shape index (κ1) is 14.7. The molecule has 1 aliphatic rings. The van der Waals surface area contributed by atoms with Crippen molar-refractivity contribution in [2.24, 2.45) is 5.73 Å². The molecule has 1 aliphatic carbocycles. The lowest BCUT2D eigenvalue weighted by molar-refractivity contribution is -0.386. The van der Waals surface area contributed by atoms with E-state index in [1.165, 1.54) is 6.07 Å². The molecule has 0 aromatic heterocycles. The molecule has 1 fully saturated rings. The summed E-state index contributed by atoms with van der Waals surface area (Å²) in [5, 5.41) is 21.4. The van der Waals surface area contributed by atoms with Gasteiger partial charge in [0, 0.05) is 12.6 Å². The van der Waals surface area contributed by atoms with Crippen LogP contribution in [-0.4, -0.2) is 22.2 Å². The molecule has 0 spiro atoms. The lowest BCUT2D eigenvalue weighted by Gasteiger charge is -2.31. The van der Waals surface area contributed by atoms with Gasteiger partial charge in [0.1, 0.15) is 6.61 Å². The van der Waals surface area contributed by atoms with Crippen molar-refractivity contribution in [3.05, 3.63) is 33.9 Å². The molecule has 110 valence electrons. The number of ether oxygens (including phenoxy) is 1. The summed E-state index contributed by atoms with van der Waals surface area (Å²) in [6.07, 6.45) is 4.40. The summed E-state index contributed by atoms with van der Waals surface area (Å²) in [5.41, 5.74) is 5.33. The Labute approximate surface area is 117 Å². The Morgan fingerprint density at radius 2 is 2.05 bits per heavy atom. The Hall–Kier alpha value is -1.66. The number of aliphatic hydroxyl groups is 1. The van der Waals surface area contributed by atoms with Crippen LogP contribution in [0.5, 0.6) is 5.75 Å². The van der Waals surface area contributed by atoms with Gasteiger partial charge in [0.2, 0.25) is 0 Å². The van der Waals surface area contributed by atoms with Crippen molar-refractivity contribution in [3.63, 3.8) is 0 Å². The van der Waals surface area contributed by atoms with Gasteiger partial charge < -0.3 is 15.6 Å². The van der Waals surface area contributed by atoms with E-state index in [2.05, 4.69) is 0 Å². The molecule has 2 rings (SSSR count). The quantitative estimate of drug-likeness (QED) is 0.636. The second-order valence-corrected chi connectivity index (χ2v) is 5.34. The molecule has 1 aromatic rings. The van der Waals surface area contributed by atoms with Crippen LogP contribution in [0.2, 0.25) is 0 Å². The van der Waals surface area contributed by atoms with Crippen molar-refractivity contribution in [1.82, 2.24) is 0 Å². The third kappa shape index (κ3) is 3.46. The summed E-state index contributed by atoms with van der Waals surface area (Å²) in [6, 6.07) is 4.58. The lowest BCUT2D eigenvalue weighted by atomic mass is 9.85. The average molecular weight is 280 g/mol. The first-order chi connectivity index (χ1) is 9.54. The zero-order valence-corrected chi connectivity index (χ0v) is 11.4. The highest BCUT2D eigenvalue weighted by Gasteiger charge is 2.31. The van der Waals surface area contributed by atoms with E-state index in [1.807, 2.05) is 0 Å². The molecule has 0 bridgehead atoms. The van der Waals surface area contributed by atoms with Gasteiger partial charge in [0.05, 0.1) is 10.5 Å². The average Bonchev–Trinajstić information content (AvgIpc) is 2.45. The van der Waals surface area contributed by atoms with Gasteiger partial charge in [-0.3, -0.25) is 10.1 Å². The van der Waals surface area contributed by atoms with Crippen molar-refractivity contribution < 1.29 is 14.8 Å². The van der Waals surface area contributed by atoms with Gasteiger partial charge in [-0.25, -0.2) is 0 Å². The summed E-state index contributed by atoms with van der Waals surface area (Å²) in [4.78, 5) is 10.5. The number of hydrogen-bond acceptors (Lipinski definition) is 5. The van der Waals surface area contributed by atoms with Gasteiger partial charge >= 0.3 is 5.69 Å². The van der Waals surface area contributed by atoms with Crippen LogP contribution in [0.25, 0.3) is 0 Å². The highest BCUT2D eigenvalue weighted by molar-refractivity contribution is 5.48. The first-order valence-corrected chi connectivity index (χ1v) is 6.87. The standard InChI is InChI=1S/C14H20N2O4/c15-9-11-4-5-12(16(18)19)13(8-11)20-10-14(17)6-2-1-3-7-14/h4-5,8,17H,1-3,6-7,9-10,15H2. The summed E-state index contributed by atoms with van der Waals surface area (Å²) in [6.45, 7) is 0.375. The molecule has 0 atom stereocenters. The zero-order chi connectivity index (χ0) is 14.6. The van der Waals surface area contributed by atoms with Gasteiger partial charge in [-0.2, -0.15) is 0 Å². The van der Waals surface area contributed by atoms with Crippen LogP contribution in [-0.2, 0) is 6.54 Å². The third-order valence-electron chi connectivity index (χ3n) is 3.74. The highest BCUT2D eigenvalue weighted by Crippen LogP contribution is 2.32. The van der Waals surface area contributed by atoms with Gasteiger partial charge in [-0.05, 0) is 24.5 Å². The van der Waals surface area contributed by atoms with E-state index in [9.17, 15) is 15.2 Å². The summed E-state index contributed by atoms with van der Waals surface area (Å²) < 4.78 is 5.54. The predicted octanol–water partition coefficient (Wildman–Crippen LogP) is 2.13. The minimum atomic E-state index is -0.870. The fraction of sp³-hybridized carbons (Fsp3) is 0.571. The molecule has 0 aliphatic heterocycles. The SMILES string of the molecule is NCc1ccc([N+](=O)[O-])c(OCC2(O)CCCCC2)c1. The molecule has 0 saturated heterocycles. The first-order valence-electron chi connectivity index (χ1n) is 6.87. The maximum absolute atomic E-state index is 11.0. The van der Waals surface area contributed by atoms with Crippen LogP contribution in [0, 0.1) is 10.1 Å². The van der Waals surface area contributed by atoms with Gasteiger partial charge in [0.15, 0.2) is 5.75 Å². The van der Waals surface area contributed by atoms with E-state index in [0.29, 0.717) is 19.4 Å². The minimum absolute atomic E-state index is 0.0852. The number of nitro groups is 1. The Balaban J connectivity index is 2.12. The number of benzene rings is 1. The monoisotopic (exact) mass is 280 g/mol. The van der Waals surface area contributed by atoms with Crippen LogP contribution in [0.4, 0.5) is 5.69 Å². The molecule has 0 heterocycles. The fourth-order valence-electron chi connectivity index (χ4n) is 2.52. The molecular formula is C14H20N2O4. The van der Waals surface area contributed by atoms with Crippen molar-refractivity contribution in [3.8, 4) is 5.75 Å². The third-order valence-corrected chi connectivity index (χ3v) is 3.74. The number of rotatable bonds is 5. The van der Waals surface area contributed by atoms with E-state index < -0.39 is 10.5 Å². The summed E-state index contributed by atoms with van der Waals surface area (Å²) in [5.74, 6) is 0.178. The molecule has 6 nitrogen and oxygen atoms in total. The van der Waals surface area contributed by atoms with E-state index >= 15 is 0 Å². The molecule has 0 unspecified atom stereocenters. The van der Waals surface area contributed by atoms with Crippen molar-refractivity contribution in [2.45, 2.75) is 44.2 Å². The topological polar surface area (TPSA) is 98.6 Å². The lowest BCUT2D eigenvalue weighted by Crippen LogP contribution is -2.38. The molecule has 20 heavy (non-hydrogen) atoms. The number of nitrogens with zero attached hydrogens (tertiary/aromatic N) is 1. The number of hydrogen-bond donors (Lipinski definition) is 2. The van der Waals surface area contributed by atoms with Gasteiger partial charge in [-0.15, -0.1) is 0 Å². The van der Waals surface area contributed by atoms with E-state index in [-0.39, 0.29) is 18.0 Å². The summed E-state index contributed by atoms with van der Waals surface area (Å²) >= 11 is 0. The molecule has 1 aromatic carbocycles. The fourth-order valence-corrected chi connectivity index (χ4v) is 2.52. The highest BCUT2D eigenvalue weighted by atomic mass is 16.6. The van der Waals surface area contributed by atoms with E-state index in [1.54, 1.807) is 12.1 Å². The van der Waals surface area contributed by atoms with Gasteiger partial charge in [-0.1, -0.05) is 25.3 Å². The Kier molecular flexibility index (Phi) is 4.57. The van der Waals surface area contributed by atoms with E-state index in [4.69, 9.17) is 10.5 Å². The molecular weight excluding hydrogens is 260 g/mol. The number of nitrogens with two attached hydrogens (primary N) is 1. The molecule has 0 radical (unpaired) electrons. The Morgan fingerprint density at radius 1 is 1.35 bits per heavy atom. The second kappa shape index (κ2) is 6.19. The summed E-state index contributed by atoms with van der Waals surface area (Å²) in [7, 11) is 0. The molecule has 3 N–H and O–H groups in total. The van der Waals surface area contributed by atoms with Crippen LogP contribution in [0.1, 0.15) is 37.7 Å². The van der Waals surface area contributed by atoms with Crippen LogP contribution >= 0.6 is 0 Å². The van der Waals surface area contributed by atoms with Crippen molar-refractivity contribution in [1.29, 1.82) is 0 Å². The number of nitro benzene ring substituents is 1. The second-order valence-electron chi connectivity index (χ2n) is 5.34. The van der Waals surface area contributed by atoms with Crippen LogP contribution in [0.3, 0.4) is 0 Å². The smallest absolute Gasteiger partial charge is 0.310 e. The molecule has 6 heteroatoms. The van der Waals surface area contributed by atoms with Crippen LogP contribution in [0.15, 0.2) is 18.2 Å².